The van der Waals surface area contributed by atoms with Crippen LogP contribution in [0.15, 0.2) is 65.3 Å². The summed E-state index contributed by atoms with van der Waals surface area (Å²) in [7, 11) is 0. The number of carbonyl (C=O) groups excluding carboxylic acids is 1. The van der Waals surface area contributed by atoms with Gasteiger partial charge in [-0.05, 0) is 50.7 Å². The van der Waals surface area contributed by atoms with Gasteiger partial charge in [-0.15, -0.1) is 0 Å². The zero-order chi connectivity index (χ0) is 20.1. The number of amides is 1. The zero-order valence-electron chi connectivity index (χ0n) is 15.7. The second kappa shape index (κ2) is 9.22. The number of aromatic nitrogens is 2. The molecule has 0 saturated heterocycles. The van der Waals surface area contributed by atoms with E-state index in [0.29, 0.717) is 27.8 Å². The van der Waals surface area contributed by atoms with Crippen molar-refractivity contribution in [1.29, 1.82) is 0 Å². The minimum atomic E-state index is -0.239. The first-order chi connectivity index (χ1) is 13.4. The van der Waals surface area contributed by atoms with Crippen LogP contribution in [0.5, 0.6) is 0 Å². The van der Waals surface area contributed by atoms with E-state index in [1.807, 2.05) is 42.6 Å². The van der Waals surface area contributed by atoms with E-state index in [2.05, 4.69) is 52.3 Å². The van der Waals surface area contributed by atoms with Crippen LogP contribution in [0.25, 0.3) is 6.08 Å². The Bertz CT molecular complexity index is 993. The van der Waals surface area contributed by atoms with Gasteiger partial charge in [0, 0.05) is 17.3 Å². The average Bonchev–Trinajstić information content (AvgIpc) is 3.01. The smallest absolute Gasteiger partial charge is 0.249 e. The van der Waals surface area contributed by atoms with Gasteiger partial charge in [0.05, 0.1) is 11.0 Å². The lowest BCUT2D eigenvalue weighted by Crippen LogP contribution is -2.09. The van der Waals surface area contributed by atoms with Gasteiger partial charge in [0.15, 0.2) is 5.82 Å². The fourth-order valence-corrected chi connectivity index (χ4v) is 3.30. The SMILES string of the molecule is CC(C)c1ccc(/C=C/C(=O)Nc2nn(Cc3ccccc3Cl)cc2Br)cc1. The molecule has 0 aliphatic heterocycles. The first-order valence-corrected chi connectivity index (χ1v) is 10.1. The molecule has 3 rings (SSSR count). The van der Waals surface area contributed by atoms with Gasteiger partial charge in [0.1, 0.15) is 0 Å². The molecule has 1 N–H and O–H groups in total. The highest BCUT2D eigenvalue weighted by atomic mass is 79.9. The molecule has 6 heteroatoms. The van der Waals surface area contributed by atoms with Crippen LogP contribution in [-0.2, 0) is 11.3 Å². The fraction of sp³-hybridized carbons (Fsp3) is 0.182. The lowest BCUT2D eigenvalue weighted by atomic mass is 10.0. The zero-order valence-corrected chi connectivity index (χ0v) is 18.0. The number of anilines is 1. The first-order valence-electron chi connectivity index (χ1n) is 8.98. The van der Waals surface area contributed by atoms with Gasteiger partial charge in [-0.3, -0.25) is 9.48 Å². The average molecular weight is 459 g/mol. The second-order valence-electron chi connectivity index (χ2n) is 6.76. The minimum absolute atomic E-state index is 0.239. The van der Waals surface area contributed by atoms with Crippen molar-refractivity contribution in [2.45, 2.75) is 26.3 Å². The lowest BCUT2D eigenvalue weighted by Gasteiger charge is -2.04. The number of hydrogen-bond acceptors (Lipinski definition) is 2. The van der Waals surface area contributed by atoms with Gasteiger partial charge in [-0.2, -0.15) is 5.10 Å². The van der Waals surface area contributed by atoms with Crippen LogP contribution in [0.4, 0.5) is 5.82 Å². The van der Waals surface area contributed by atoms with E-state index in [1.165, 1.54) is 11.6 Å². The van der Waals surface area contributed by atoms with Crippen molar-refractivity contribution in [2.75, 3.05) is 5.32 Å². The van der Waals surface area contributed by atoms with Gasteiger partial charge in [-0.1, -0.05) is 67.9 Å². The number of nitrogens with zero attached hydrogens (tertiary/aromatic N) is 2. The molecule has 0 unspecified atom stereocenters. The van der Waals surface area contributed by atoms with Gasteiger partial charge in [0.2, 0.25) is 5.91 Å². The number of hydrogen-bond donors (Lipinski definition) is 1. The Balaban J connectivity index is 1.64. The molecule has 2 aromatic carbocycles. The third-order valence-corrected chi connectivity index (χ3v) is 5.23. The summed E-state index contributed by atoms with van der Waals surface area (Å²) in [6.45, 7) is 4.83. The van der Waals surface area contributed by atoms with Crippen LogP contribution in [-0.4, -0.2) is 15.7 Å². The Morgan fingerprint density at radius 3 is 2.61 bits per heavy atom. The maximum atomic E-state index is 12.2. The quantitative estimate of drug-likeness (QED) is 0.452. The molecule has 3 aromatic rings. The molecule has 1 aromatic heterocycles. The summed E-state index contributed by atoms with van der Waals surface area (Å²) in [4.78, 5) is 12.2. The largest absolute Gasteiger partial charge is 0.305 e. The van der Waals surface area contributed by atoms with Gasteiger partial charge in [-0.25, -0.2) is 0 Å². The van der Waals surface area contributed by atoms with E-state index in [4.69, 9.17) is 11.6 Å². The third kappa shape index (κ3) is 5.33. The van der Waals surface area contributed by atoms with Crippen LogP contribution in [0.2, 0.25) is 5.02 Å². The lowest BCUT2D eigenvalue weighted by molar-refractivity contribution is -0.111. The van der Waals surface area contributed by atoms with Crippen molar-refractivity contribution in [3.8, 4) is 0 Å². The Morgan fingerprint density at radius 2 is 1.93 bits per heavy atom. The number of benzene rings is 2. The number of halogens is 2. The third-order valence-electron chi connectivity index (χ3n) is 4.28. The van der Waals surface area contributed by atoms with Crippen molar-refractivity contribution < 1.29 is 4.79 Å². The first kappa shape index (κ1) is 20.4. The summed E-state index contributed by atoms with van der Waals surface area (Å²) in [5.74, 6) is 0.716. The van der Waals surface area contributed by atoms with Crippen LogP contribution in [0, 0.1) is 0 Å². The summed E-state index contributed by atoms with van der Waals surface area (Å²) >= 11 is 9.64. The Morgan fingerprint density at radius 1 is 1.21 bits per heavy atom. The monoisotopic (exact) mass is 457 g/mol. The predicted molar refractivity (Wildman–Crippen MR) is 119 cm³/mol. The van der Waals surface area contributed by atoms with Gasteiger partial charge >= 0.3 is 0 Å². The standard InChI is InChI=1S/C22H21BrClN3O/c1-15(2)17-10-7-16(8-11-17)9-12-21(28)25-22-19(23)14-27(26-22)13-18-5-3-4-6-20(18)24/h3-12,14-15H,13H2,1-2H3,(H,25,26,28)/b12-9+. The molecule has 144 valence electrons. The van der Waals surface area contributed by atoms with Crippen molar-refractivity contribution in [1.82, 2.24) is 9.78 Å². The fourth-order valence-electron chi connectivity index (χ4n) is 2.69. The summed E-state index contributed by atoms with van der Waals surface area (Å²) in [5, 5.41) is 7.90. The minimum Gasteiger partial charge on any atom is -0.305 e. The van der Waals surface area contributed by atoms with Crippen LogP contribution in [0.3, 0.4) is 0 Å². The van der Waals surface area contributed by atoms with Crippen molar-refractivity contribution in [2.24, 2.45) is 0 Å². The highest BCUT2D eigenvalue weighted by Crippen LogP contribution is 2.22. The van der Waals surface area contributed by atoms with Crippen LogP contribution >= 0.6 is 27.5 Å². The van der Waals surface area contributed by atoms with Gasteiger partial charge < -0.3 is 5.32 Å². The molecule has 0 atom stereocenters. The highest BCUT2D eigenvalue weighted by molar-refractivity contribution is 9.10. The molecule has 0 saturated carbocycles. The van der Waals surface area contributed by atoms with Crippen LogP contribution in [0.1, 0.15) is 36.5 Å². The normalized spacial score (nSPS) is 11.3. The van der Waals surface area contributed by atoms with E-state index < -0.39 is 0 Å². The Labute approximate surface area is 178 Å². The Hall–Kier alpha value is -2.37. The van der Waals surface area contributed by atoms with Crippen LogP contribution < -0.4 is 5.32 Å². The predicted octanol–water partition coefficient (Wildman–Crippen LogP) is 6.12. The second-order valence-corrected chi connectivity index (χ2v) is 8.02. The summed E-state index contributed by atoms with van der Waals surface area (Å²) in [5.41, 5.74) is 3.21. The molecular weight excluding hydrogens is 438 g/mol. The van der Waals surface area contributed by atoms with E-state index in [0.717, 1.165) is 11.1 Å². The molecular formula is C22H21BrClN3O. The molecule has 0 fully saturated rings. The molecule has 0 spiro atoms. The number of rotatable bonds is 6. The summed E-state index contributed by atoms with van der Waals surface area (Å²) < 4.78 is 2.44. The summed E-state index contributed by atoms with van der Waals surface area (Å²) in [6.07, 6.45) is 5.10. The molecule has 0 radical (unpaired) electrons. The maximum Gasteiger partial charge on any atom is 0.249 e. The molecule has 0 aliphatic rings. The van der Waals surface area contributed by atoms with Crippen molar-refractivity contribution in [3.05, 3.63) is 87.0 Å². The maximum absolute atomic E-state index is 12.2. The topological polar surface area (TPSA) is 46.9 Å². The van der Waals surface area contributed by atoms with E-state index in [-0.39, 0.29) is 5.91 Å². The molecule has 1 amide bonds. The highest BCUT2D eigenvalue weighted by Gasteiger charge is 2.10. The molecule has 0 bridgehead atoms. The molecule has 28 heavy (non-hydrogen) atoms. The molecule has 4 nitrogen and oxygen atoms in total. The number of nitrogens with one attached hydrogen (secondary N) is 1. The Kier molecular flexibility index (Phi) is 6.70. The van der Waals surface area contributed by atoms with Crippen molar-refractivity contribution >= 4 is 45.3 Å². The van der Waals surface area contributed by atoms with E-state index in [9.17, 15) is 4.79 Å². The van der Waals surface area contributed by atoms with Crippen molar-refractivity contribution in [3.63, 3.8) is 0 Å². The van der Waals surface area contributed by atoms with E-state index in [1.54, 1.807) is 10.8 Å². The molecule has 1 heterocycles. The summed E-state index contributed by atoms with van der Waals surface area (Å²) in [6, 6.07) is 15.8. The number of carbonyl (C=O) groups is 1. The molecule has 0 aliphatic carbocycles. The van der Waals surface area contributed by atoms with Gasteiger partial charge in [0.25, 0.3) is 0 Å². The van der Waals surface area contributed by atoms with E-state index >= 15 is 0 Å².